The average Bonchev–Trinajstić information content (AvgIpc) is 2.49. The number of likely N-dealkylation sites (tertiary alicyclic amines) is 1. The van der Waals surface area contributed by atoms with E-state index in [4.69, 9.17) is 5.11 Å². The molecule has 2 N–H and O–H groups in total. The number of hydrogen-bond acceptors (Lipinski definition) is 3. The molecule has 0 amide bonds. The molecule has 3 nitrogen and oxygen atoms in total. The van der Waals surface area contributed by atoms with Crippen molar-refractivity contribution >= 4 is 5.69 Å². The Hall–Kier alpha value is -1.06. The molecule has 1 fully saturated rings. The molecule has 20 heavy (non-hydrogen) atoms. The first-order valence-electron chi connectivity index (χ1n) is 7.91. The van der Waals surface area contributed by atoms with Crippen molar-refractivity contribution in [3.05, 3.63) is 29.8 Å². The Morgan fingerprint density at radius 3 is 2.45 bits per heavy atom. The predicted molar refractivity (Wildman–Crippen MR) is 85.2 cm³/mol. The van der Waals surface area contributed by atoms with Crippen molar-refractivity contribution in [2.24, 2.45) is 5.92 Å². The molecule has 1 aliphatic heterocycles. The zero-order valence-corrected chi connectivity index (χ0v) is 12.8. The van der Waals surface area contributed by atoms with Gasteiger partial charge in [0, 0.05) is 18.3 Å². The molecule has 1 aliphatic rings. The van der Waals surface area contributed by atoms with Crippen LogP contribution in [-0.2, 0) is 6.42 Å². The number of aliphatic hydroxyl groups is 1. The summed E-state index contributed by atoms with van der Waals surface area (Å²) < 4.78 is 0. The van der Waals surface area contributed by atoms with Crippen LogP contribution in [0.3, 0.4) is 0 Å². The topological polar surface area (TPSA) is 35.5 Å². The number of aliphatic hydroxyl groups excluding tert-OH is 1. The van der Waals surface area contributed by atoms with Crippen molar-refractivity contribution in [3.63, 3.8) is 0 Å². The Labute approximate surface area is 123 Å². The first kappa shape index (κ1) is 15.3. The summed E-state index contributed by atoms with van der Waals surface area (Å²) in [5.41, 5.74) is 2.39. The van der Waals surface area contributed by atoms with Gasteiger partial charge >= 0.3 is 0 Å². The summed E-state index contributed by atoms with van der Waals surface area (Å²) in [7, 11) is 0. The van der Waals surface area contributed by atoms with Crippen LogP contribution in [0.25, 0.3) is 0 Å². The van der Waals surface area contributed by atoms with Crippen LogP contribution in [0, 0.1) is 5.92 Å². The van der Waals surface area contributed by atoms with E-state index in [1.807, 2.05) is 0 Å². The third-order valence-corrected chi connectivity index (χ3v) is 4.54. The maximum absolute atomic E-state index is 8.93. The largest absolute Gasteiger partial charge is 0.396 e. The predicted octanol–water partition coefficient (Wildman–Crippen LogP) is 2.75. The lowest BCUT2D eigenvalue weighted by Crippen LogP contribution is -2.39. The molecular formula is C17H28N2O. The van der Waals surface area contributed by atoms with E-state index in [1.165, 1.54) is 43.7 Å². The molecule has 0 saturated carbocycles. The van der Waals surface area contributed by atoms with Crippen LogP contribution in [0.2, 0.25) is 0 Å². The minimum atomic E-state index is 0.221. The van der Waals surface area contributed by atoms with Crippen molar-refractivity contribution in [1.29, 1.82) is 0 Å². The van der Waals surface area contributed by atoms with E-state index in [9.17, 15) is 0 Å². The lowest BCUT2D eigenvalue weighted by atomic mass is 9.90. The maximum Gasteiger partial charge on any atom is 0.0471 e. The fraction of sp³-hybridized carbons (Fsp3) is 0.647. The average molecular weight is 276 g/mol. The van der Waals surface area contributed by atoms with Crippen LogP contribution in [0.15, 0.2) is 24.3 Å². The van der Waals surface area contributed by atoms with Gasteiger partial charge in [-0.1, -0.05) is 19.1 Å². The summed E-state index contributed by atoms with van der Waals surface area (Å²) in [6, 6.07) is 8.99. The van der Waals surface area contributed by atoms with Gasteiger partial charge in [0.1, 0.15) is 0 Å². The molecule has 0 bridgehead atoms. The van der Waals surface area contributed by atoms with Crippen molar-refractivity contribution in [2.45, 2.75) is 39.2 Å². The lowest BCUT2D eigenvalue weighted by molar-refractivity contribution is 0.183. The van der Waals surface area contributed by atoms with E-state index < -0.39 is 0 Å². The standard InChI is InChI=1S/C17H28N2O/c1-3-19-11-8-16(9-12-19)14(2)18-17-6-4-15(5-7-17)10-13-20/h4-7,14,16,18,20H,3,8-13H2,1-2H3. The van der Waals surface area contributed by atoms with Crippen molar-refractivity contribution in [3.8, 4) is 0 Å². The van der Waals surface area contributed by atoms with Crippen LogP contribution < -0.4 is 5.32 Å². The van der Waals surface area contributed by atoms with Gasteiger partial charge in [-0.2, -0.15) is 0 Å². The number of benzene rings is 1. The summed E-state index contributed by atoms with van der Waals surface area (Å²) in [4.78, 5) is 2.53. The van der Waals surface area contributed by atoms with Gasteiger partial charge in [0.25, 0.3) is 0 Å². The second kappa shape index (κ2) is 7.65. The molecule has 1 aromatic rings. The number of nitrogens with zero attached hydrogens (tertiary/aromatic N) is 1. The van der Waals surface area contributed by atoms with Crippen LogP contribution in [-0.4, -0.2) is 42.3 Å². The smallest absolute Gasteiger partial charge is 0.0471 e. The number of rotatable bonds is 6. The van der Waals surface area contributed by atoms with Gasteiger partial charge in [-0.15, -0.1) is 0 Å². The van der Waals surface area contributed by atoms with Crippen LogP contribution >= 0.6 is 0 Å². The van der Waals surface area contributed by atoms with E-state index in [1.54, 1.807) is 0 Å². The minimum Gasteiger partial charge on any atom is -0.396 e. The van der Waals surface area contributed by atoms with E-state index in [2.05, 4.69) is 48.3 Å². The van der Waals surface area contributed by atoms with Crippen molar-refractivity contribution in [1.82, 2.24) is 4.90 Å². The van der Waals surface area contributed by atoms with Gasteiger partial charge in [0.2, 0.25) is 0 Å². The molecule has 2 rings (SSSR count). The zero-order chi connectivity index (χ0) is 14.4. The number of hydrogen-bond donors (Lipinski definition) is 2. The summed E-state index contributed by atoms with van der Waals surface area (Å²) in [5.74, 6) is 0.773. The van der Waals surface area contributed by atoms with Gasteiger partial charge in [0.05, 0.1) is 0 Å². The molecule has 0 aromatic heterocycles. The molecular weight excluding hydrogens is 248 g/mol. The van der Waals surface area contributed by atoms with Gasteiger partial charge < -0.3 is 15.3 Å². The van der Waals surface area contributed by atoms with Gasteiger partial charge in [0.15, 0.2) is 0 Å². The molecule has 1 unspecified atom stereocenters. The molecule has 0 aliphatic carbocycles. The Balaban J connectivity index is 1.83. The van der Waals surface area contributed by atoms with E-state index in [0.29, 0.717) is 6.04 Å². The maximum atomic E-state index is 8.93. The summed E-state index contributed by atoms with van der Waals surface area (Å²) in [6.45, 7) is 8.43. The SMILES string of the molecule is CCN1CCC(C(C)Nc2ccc(CCO)cc2)CC1. The van der Waals surface area contributed by atoms with Gasteiger partial charge in [-0.25, -0.2) is 0 Å². The van der Waals surface area contributed by atoms with E-state index >= 15 is 0 Å². The number of anilines is 1. The lowest BCUT2D eigenvalue weighted by Gasteiger charge is -2.34. The Kier molecular flexibility index (Phi) is 5.86. The van der Waals surface area contributed by atoms with Gasteiger partial charge in [-0.3, -0.25) is 0 Å². The monoisotopic (exact) mass is 276 g/mol. The molecule has 1 heterocycles. The molecule has 1 atom stereocenters. The highest BCUT2D eigenvalue weighted by atomic mass is 16.2. The molecule has 112 valence electrons. The van der Waals surface area contributed by atoms with Crippen molar-refractivity contribution < 1.29 is 5.11 Å². The fourth-order valence-electron chi connectivity index (χ4n) is 3.05. The summed E-state index contributed by atoms with van der Waals surface area (Å²) >= 11 is 0. The highest BCUT2D eigenvalue weighted by Crippen LogP contribution is 2.23. The summed E-state index contributed by atoms with van der Waals surface area (Å²) in [6.07, 6.45) is 3.33. The molecule has 0 spiro atoms. The van der Waals surface area contributed by atoms with E-state index in [0.717, 1.165) is 12.3 Å². The van der Waals surface area contributed by atoms with Crippen LogP contribution in [0.1, 0.15) is 32.3 Å². The molecule has 3 heteroatoms. The first-order chi connectivity index (χ1) is 9.72. The second-order valence-electron chi connectivity index (χ2n) is 5.88. The molecule has 1 aromatic carbocycles. The minimum absolute atomic E-state index is 0.221. The van der Waals surface area contributed by atoms with Crippen molar-refractivity contribution in [2.75, 3.05) is 31.6 Å². The van der Waals surface area contributed by atoms with Crippen LogP contribution in [0.4, 0.5) is 5.69 Å². The second-order valence-corrected chi connectivity index (χ2v) is 5.88. The third kappa shape index (κ3) is 4.22. The Bertz CT molecular complexity index is 382. The zero-order valence-electron chi connectivity index (χ0n) is 12.8. The van der Waals surface area contributed by atoms with E-state index in [-0.39, 0.29) is 6.61 Å². The quantitative estimate of drug-likeness (QED) is 0.838. The normalized spacial score (nSPS) is 18.9. The first-order valence-corrected chi connectivity index (χ1v) is 7.91. The highest BCUT2D eigenvalue weighted by molar-refractivity contribution is 5.45. The third-order valence-electron chi connectivity index (χ3n) is 4.54. The Morgan fingerprint density at radius 1 is 1.25 bits per heavy atom. The molecule has 1 saturated heterocycles. The van der Waals surface area contributed by atoms with Crippen LogP contribution in [0.5, 0.6) is 0 Å². The Morgan fingerprint density at radius 2 is 1.90 bits per heavy atom. The molecule has 0 radical (unpaired) electrons. The summed E-state index contributed by atoms with van der Waals surface area (Å²) in [5, 5.41) is 12.6. The number of nitrogens with one attached hydrogen (secondary N) is 1. The van der Waals surface area contributed by atoms with Gasteiger partial charge in [-0.05, 0) is 69.4 Å². The highest BCUT2D eigenvalue weighted by Gasteiger charge is 2.22. The fourth-order valence-corrected chi connectivity index (χ4v) is 3.05. The number of piperidine rings is 1.